The summed E-state index contributed by atoms with van der Waals surface area (Å²) in [6.07, 6.45) is 0. The predicted octanol–water partition coefficient (Wildman–Crippen LogP) is 24.6. The number of para-hydroxylation sites is 2. The van der Waals surface area contributed by atoms with Crippen LogP contribution in [-0.2, 0) is 4.74 Å². The van der Waals surface area contributed by atoms with Gasteiger partial charge in [-0.25, -0.2) is 33.9 Å². The molecule has 9 heterocycles. The average Bonchev–Trinajstić information content (AvgIpc) is 1.45. The Kier molecular flexibility index (Phi) is 21.6. The minimum Gasteiger partial charge on any atom is -0.465 e. The zero-order chi connectivity index (χ0) is 71.7. The molecular weight excluding hydrogens is 1540 g/mol. The molecule has 0 unspecified atom stereocenters. The first-order chi connectivity index (χ1) is 49.9. The van der Waals surface area contributed by atoms with Gasteiger partial charge < -0.3 is 25.4 Å². The number of carbonyl (C=O) groups excluding carboxylic acids is 1. The molecule has 0 bridgehead atoms. The first kappa shape index (κ1) is 72.3. The van der Waals surface area contributed by atoms with Gasteiger partial charge in [0.1, 0.15) is 21.5 Å². The zero-order valence-corrected chi connectivity index (χ0v) is 61.4. The number of esters is 1. The van der Waals surface area contributed by atoms with Gasteiger partial charge in [-0.15, -0.1) is 45.3 Å². The van der Waals surface area contributed by atoms with Crippen LogP contribution < -0.4 is 17.0 Å². The Morgan fingerprint density at radius 1 is 0.481 bits per heavy atom. The molecule has 0 spiro atoms. The van der Waals surface area contributed by atoms with E-state index in [2.05, 4.69) is 107 Å². The smallest absolute Gasteiger partial charge is 0.350 e. The standard InChI is InChI=1S/C22H13ClN2S.C18H12N2.C10H3Cl3N2S.C10H5ClN2O2S.C10H8ClNO2S.C7H3ClFN.CH4/c23-16-11-12-17-18(13-16)26-21-19(14-7-3-1-4-8-14)24-22(25-20(17)21)15-9-5-2-6-10-15;1-3-7-14-11(5-1)12-9-10-16-17(18(12)20-14)13-6-2-4-8-15(13)19-16;11-4-1-2-5-6(3-4)16-8-7(5)14-10(13)15-9(8)12;11-4-1-2-5-6(3-4)16-8-7(5)12-10(15)13-9(8)14;1-14-10(13)9-8(12)6-3-2-5(11)4-7(6)15-9;8-6-2-1-5(4-10)7(9)3-6;/h1-13H;1-10,19-20H;1-3H;1-3H,(H2,12,13,14,15);2-4H,12H2,1H3;1-3H;1H4. The molecule has 14 nitrogen and oxygen atoms in total. The fraction of sp³-hybridized carbons (Fsp3) is 0.0256. The maximum Gasteiger partial charge on any atom is 0.350 e. The lowest BCUT2D eigenvalue weighted by Crippen LogP contribution is -2.20. The number of benzene rings is 10. The van der Waals surface area contributed by atoms with Gasteiger partial charge in [0.15, 0.2) is 11.0 Å². The highest BCUT2D eigenvalue weighted by Crippen LogP contribution is 2.43. The van der Waals surface area contributed by atoms with E-state index >= 15 is 0 Å². The number of anilines is 1. The zero-order valence-electron chi connectivity index (χ0n) is 52.8. The van der Waals surface area contributed by atoms with E-state index in [0.29, 0.717) is 46.0 Å². The first-order valence-corrected chi connectivity index (χ1v) is 36.7. The molecule has 26 heteroatoms. The topological polar surface area (TPSA) is 225 Å². The Bertz CT molecular complexity index is 6690. The van der Waals surface area contributed by atoms with Crippen LogP contribution in [0.2, 0.25) is 35.5 Å². The number of carbonyl (C=O) groups is 1. The van der Waals surface area contributed by atoms with Crippen LogP contribution >= 0.6 is 127 Å². The van der Waals surface area contributed by atoms with Crippen LogP contribution in [0.5, 0.6) is 0 Å². The number of aromatic nitrogens is 8. The number of nitrogens with one attached hydrogen (secondary N) is 4. The van der Waals surface area contributed by atoms with Gasteiger partial charge in [-0.3, -0.25) is 9.78 Å². The highest BCUT2D eigenvalue weighted by atomic mass is 35.5. The van der Waals surface area contributed by atoms with Crippen molar-refractivity contribution in [2.75, 3.05) is 12.8 Å². The highest BCUT2D eigenvalue weighted by molar-refractivity contribution is 7.27. The number of H-pyrrole nitrogens is 4. The summed E-state index contributed by atoms with van der Waals surface area (Å²) in [5.41, 5.74) is 15.6. The van der Waals surface area contributed by atoms with E-state index in [4.69, 9.17) is 102 Å². The molecule has 0 aliphatic rings. The van der Waals surface area contributed by atoms with E-state index in [1.165, 1.54) is 96.9 Å². The monoisotopic (exact) mass is 1580 g/mol. The van der Waals surface area contributed by atoms with Gasteiger partial charge in [-0.05, 0) is 121 Å². The number of hydrogen-bond donors (Lipinski definition) is 5. The Hall–Kier alpha value is -10.0. The Morgan fingerprint density at radius 3 is 1.62 bits per heavy atom. The van der Waals surface area contributed by atoms with E-state index in [0.717, 1.165) is 94.5 Å². The molecule has 6 N–H and O–H groups in total. The van der Waals surface area contributed by atoms with E-state index in [9.17, 15) is 18.8 Å². The lowest BCUT2D eigenvalue weighted by Gasteiger charge is -2.06. The van der Waals surface area contributed by atoms with Crippen LogP contribution in [0.3, 0.4) is 0 Å². The van der Waals surface area contributed by atoms with Crippen LogP contribution in [0, 0.1) is 17.1 Å². The molecule has 0 aliphatic carbocycles. The number of nitrogen functional groups attached to an aromatic ring is 1. The molecule has 9 aromatic heterocycles. The molecule has 104 heavy (non-hydrogen) atoms. The molecule has 19 aromatic rings. The van der Waals surface area contributed by atoms with Gasteiger partial charge in [0.25, 0.3) is 5.56 Å². The maximum absolute atomic E-state index is 12.5. The Morgan fingerprint density at radius 2 is 0.990 bits per heavy atom. The second-order valence-electron chi connectivity index (χ2n) is 22.6. The van der Waals surface area contributed by atoms with Crippen molar-refractivity contribution < 1.29 is 13.9 Å². The average molecular weight is 1580 g/mol. The van der Waals surface area contributed by atoms with Crippen LogP contribution in [0.4, 0.5) is 10.1 Å². The van der Waals surface area contributed by atoms with E-state index < -0.39 is 17.5 Å². The number of rotatable bonds is 3. The van der Waals surface area contributed by atoms with Crippen molar-refractivity contribution in [1.82, 2.24) is 39.9 Å². The molecule has 0 amide bonds. The quantitative estimate of drug-likeness (QED) is 0.0639. The fourth-order valence-electron chi connectivity index (χ4n) is 11.5. The number of nitriles is 1. The molecule has 0 saturated carbocycles. The summed E-state index contributed by atoms with van der Waals surface area (Å²) >= 11 is 46.9. The minimum absolute atomic E-state index is 0. The van der Waals surface area contributed by atoms with Gasteiger partial charge >= 0.3 is 11.7 Å². The number of methoxy groups -OCH3 is 1. The van der Waals surface area contributed by atoms with Crippen molar-refractivity contribution in [1.29, 1.82) is 5.26 Å². The SMILES string of the molecule is C.COC(=O)c1sc2cc(Cl)ccc2c1N.Clc1ccc2c(c1)sc1c(-c3ccccc3)nc(-c3ccccc3)nc12.Clc1ccc2c(c1)sc1c(Cl)nc(Cl)nc12.N#Cc1ccc(Cl)cc1F.O=c1[nH]c(=O)c2sc3cc(Cl)ccc3c2[nH]1.c1ccc2c(c1)[nH]c1c2ccc2[nH]c3ccccc3c21. The van der Waals surface area contributed by atoms with Gasteiger partial charge in [-0.2, -0.15) is 5.26 Å². The third-order valence-corrected chi connectivity index (χ3v) is 22.5. The molecule has 0 saturated heterocycles. The molecule has 0 atom stereocenters. The summed E-state index contributed by atoms with van der Waals surface area (Å²) < 4.78 is 23.5. The van der Waals surface area contributed by atoms with E-state index in [-0.39, 0.29) is 23.8 Å². The summed E-state index contributed by atoms with van der Waals surface area (Å²) in [7, 11) is 1.33. The number of aromatic amines is 4. The molecule has 0 fully saturated rings. The van der Waals surface area contributed by atoms with Crippen molar-refractivity contribution in [3.63, 3.8) is 0 Å². The second-order valence-corrected chi connectivity index (χ2v) is 29.7. The summed E-state index contributed by atoms with van der Waals surface area (Å²) in [5.74, 6) is -0.244. The number of nitrogens with zero attached hydrogens (tertiary/aromatic N) is 5. The van der Waals surface area contributed by atoms with Crippen molar-refractivity contribution in [3.8, 4) is 28.7 Å². The van der Waals surface area contributed by atoms with Crippen LogP contribution in [-0.4, -0.2) is 53.0 Å². The molecule has 0 radical (unpaired) electrons. The Balaban J connectivity index is 0.000000113. The third kappa shape index (κ3) is 14.9. The summed E-state index contributed by atoms with van der Waals surface area (Å²) in [5, 5.41) is 20.7. The molecular formula is C78H48Cl7FN10O4S4. The first-order valence-electron chi connectivity index (χ1n) is 30.7. The number of nitrogens with two attached hydrogens (primary N) is 1. The number of fused-ring (bicyclic) bond motifs is 17. The van der Waals surface area contributed by atoms with Gasteiger partial charge in [0, 0.05) is 115 Å². The summed E-state index contributed by atoms with van der Waals surface area (Å²) in [6.45, 7) is 0. The highest BCUT2D eigenvalue weighted by Gasteiger charge is 2.20. The van der Waals surface area contributed by atoms with E-state index in [1.54, 1.807) is 53.8 Å². The van der Waals surface area contributed by atoms with Crippen LogP contribution in [0.1, 0.15) is 22.7 Å². The second kappa shape index (κ2) is 31.1. The summed E-state index contributed by atoms with van der Waals surface area (Å²) in [4.78, 5) is 64.4. The number of halogens is 8. The minimum atomic E-state index is -0.574. The molecule has 10 aromatic carbocycles. The van der Waals surface area contributed by atoms with E-state index in [1.807, 2.05) is 84.9 Å². The number of hydrogen-bond acceptors (Lipinski definition) is 14. The van der Waals surface area contributed by atoms with Crippen molar-refractivity contribution >= 4 is 253 Å². The number of thiophene rings is 4. The molecule has 0 aliphatic heterocycles. The molecule has 514 valence electrons. The lowest BCUT2D eigenvalue weighted by atomic mass is 10.1. The van der Waals surface area contributed by atoms with Crippen molar-refractivity contribution in [2.45, 2.75) is 7.43 Å². The van der Waals surface area contributed by atoms with Gasteiger partial charge in [0.2, 0.25) is 5.28 Å². The number of ether oxygens (including phenoxy) is 1. The summed E-state index contributed by atoms with van der Waals surface area (Å²) in [6, 6.07) is 69.5. The van der Waals surface area contributed by atoms with Crippen LogP contribution in [0.25, 0.3) is 137 Å². The normalized spacial score (nSPS) is 11.0. The van der Waals surface area contributed by atoms with Gasteiger partial charge in [0.05, 0.1) is 55.5 Å². The largest absolute Gasteiger partial charge is 0.465 e. The molecule has 19 rings (SSSR count). The Labute approximate surface area is 640 Å². The lowest BCUT2D eigenvalue weighted by molar-refractivity contribution is 0.0607. The van der Waals surface area contributed by atoms with Gasteiger partial charge in [-0.1, -0.05) is 180 Å². The fourth-order valence-corrected chi connectivity index (χ4v) is 17.5. The van der Waals surface area contributed by atoms with Crippen molar-refractivity contribution in [3.05, 3.63) is 285 Å². The predicted molar refractivity (Wildman–Crippen MR) is 437 cm³/mol. The van der Waals surface area contributed by atoms with Crippen molar-refractivity contribution in [2.24, 2.45) is 0 Å². The maximum atomic E-state index is 12.5. The third-order valence-electron chi connectivity index (χ3n) is 16.1. The van der Waals surface area contributed by atoms with Crippen LogP contribution in [0.15, 0.2) is 222 Å².